The fourth-order valence-corrected chi connectivity index (χ4v) is 2.26. The van der Waals surface area contributed by atoms with E-state index in [2.05, 4.69) is 5.32 Å². The average Bonchev–Trinajstić information content (AvgIpc) is 3.12. The lowest BCUT2D eigenvalue weighted by atomic mass is 9.99. The summed E-state index contributed by atoms with van der Waals surface area (Å²) < 4.78 is 5.32. The molecule has 4 nitrogen and oxygen atoms in total. The van der Waals surface area contributed by atoms with Crippen molar-refractivity contribution in [2.45, 2.75) is 63.7 Å². The van der Waals surface area contributed by atoms with Gasteiger partial charge in [0.1, 0.15) is 5.60 Å². The number of alkyl carbamates (subject to hydrolysis) is 1. The van der Waals surface area contributed by atoms with Crippen LogP contribution in [0.5, 0.6) is 0 Å². The summed E-state index contributed by atoms with van der Waals surface area (Å²) in [7, 11) is 0. The van der Waals surface area contributed by atoms with E-state index < -0.39 is 17.3 Å². The summed E-state index contributed by atoms with van der Waals surface area (Å²) in [5.41, 5.74) is 0.00968. The van der Waals surface area contributed by atoms with Crippen LogP contribution in [-0.2, 0) is 4.74 Å². The average molecular weight is 291 g/mol. The number of hydrogen-bond donors (Lipinski definition) is 2. The van der Waals surface area contributed by atoms with E-state index in [4.69, 9.17) is 4.74 Å². The smallest absolute Gasteiger partial charge is 0.408 e. The molecule has 1 fully saturated rings. The van der Waals surface area contributed by atoms with Crippen LogP contribution in [0.25, 0.3) is 0 Å². The highest BCUT2D eigenvalue weighted by Gasteiger charge is 2.40. The first-order valence-corrected chi connectivity index (χ1v) is 7.54. The zero-order valence-corrected chi connectivity index (χ0v) is 13.1. The summed E-state index contributed by atoms with van der Waals surface area (Å²) in [5.74, 6) is 0. The van der Waals surface area contributed by atoms with Crippen molar-refractivity contribution < 1.29 is 14.6 Å². The molecule has 1 amide bonds. The van der Waals surface area contributed by atoms with Crippen molar-refractivity contribution in [3.8, 4) is 0 Å². The van der Waals surface area contributed by atoms with Gasteiger partial charge in [0.2, 0.25) is 0 Å². The Labute approximate surface area is 126 Å². The fraction of sp³-hybridized carbons (Fsp3) is 0.588. The summed E-state index contributed by atoms with van der Waals surface area (Å²) in [5, 5.41) is 12.9. The SMILES string of the molecule is CC(C)(C)OC(=O)NC(CCC1(O)CC1)c1ccccc1. The lowest BCUT2D eigenvalue weighted by Crippen LogP contribution is -2.35. The van der Waals surface area contributed by atoms with Crippen LogP contribution in [0, 0.1) is 0 Å². The van der Waals surface area contributed by atoms with Crippen molar-refractivity contribution in [1.82, 2.24) is 5.32 Å². The Balaban J connectivity index is 1.99. The molecule has 4 heteroatoms. The van der Waals surface area contributed by atoms with Crippen LogP contribution in [0.15, 0.2) is 30.3 Å². The number of amides is 1. The standard InChI is InChI=1S/C17H25NO3/c1-16(2,3)21-15(19)18-14(9-10-17(20)11-12-17)13-7-5-4-6-8-13/h4-8,14,20H,9-12H2,1-3H3,(H,18,19). The largest absolute Gasteiger partial charge is 0.444 e. The van der Waals surface area contributed by atoms with E-state index in [1.165, 1.54) is 0 Å². The van der Waals surface area contributed by atoms with Crippen molar-refractivity contribution in [2.75, 3.05) is 0 Å². The van der Waals surface area contributed by atoms with Crippen molar-refractivity contribution in [3.63, 3.8) is 0 Å². The van der Waals surface area contributed by atoms with Crippen LogP contribution in [0.2, 0.25) is 0 Å². The quantitative estimate of drug-likeness (QED) is 0.872. The number of aliphatic hydroxyl groups is 1. The van der Waals surface area contributed by atoms with Gasteiger partial charge in [0.25, 0.3) is 0 Å². The molecule has 0 spiro atoms. The second kappa shape index (κ2) is 6.06. The molecule has 21 heavy (non-hydrogen) atoms. The van der Waals surface area contributed by atoms with Gasteiger partial charge in [-0.05, 0) is 52.0 Å². The highest BCUT2D eigenvalue weighted by molar-refractivity contribution is 5.68. The number of nitrogens with one attached hydrogen (secondary N) is 1. The molecule has 2 N–H and O–H groups in total. The number of rotatable bonds is 5. The summed E-state index contributed by atoms with van der Waals surface area (Å²) in [6.45, 7) is 5.53. The van der Waals surface area contributed by atoms with Gasteiger partial charge in [0, 0.05) is 0 Å². The predicted octanol–water partition coefficient (Wildman–Crippen LogP) is 3.56. The maximum atomic E-state index is 12.0. The zero-order chi connectivity index (χ0) is 15.5. The molecule has 1 atom stereocenters. The van der Waals surface area contributed by atoms with Gasteiger partial charge >= 0.3 is 6.09 Å². The normalized spacial score (nSPS) is 17.9. The highest BCUT2D eigenvalue weighted by atomic mass is 16.6. The molecule has 2 rings (SSSR count). The monoisotopic (exact) mass is 291 g/mol. The Morgan fingerprint density at radius 2 is 1.95 bits per heavy atom. The molecule has 1 aliphatic carbocycles. The summed E-state index contributed by atoms with van der Waals surface area (Å²) >= 11 is 0. The Hall–Kier alpha value is -1.55. The Morgan fingerprint density at radius 3 is 2.48 bits per heavy atom. The van der Waals surface area contributed by atoms with Crippen molar-refractivity contribution in [1.29, 1.82) is 0 Å². The topological polar surface area (TPSA) is 58.6 Å². The van der Waals surface area contributed by atoms with E-state index in [0.29, 0.717) is 12.8 Å². The Kier molecular flexibility index (Phi) is 4.57. The fourth-order valence-electron chi connectivity index (χ4n) is 2.26. The van der Waals surface area contributed by atoms with E-state index in [9.17, 15) is 9.90 Å². The van der Waals surface area contributed by atoms with Crippen LogP contribution in [0.3, 0.4) is 0 Å². The van der Waals surface area contributed by atoms with Crippen LogP contribution < -0.4 is 5.32 Å². The molecule has 1 unspecified atom stereocenters. The zero-order valence-electron chi connectivity index (χ0n) is 13.1. The minimum absolute atomic E-state index is 0.134. The number of hydrogen-bond acceptors (Lipinski definition) is 3. The molecule has 1 saturated carbocycles. The third kappa shape index (κ3) is 5.38. The molecular formula is C17H25NO3. The van der Waals surface area contributed by atoms with E-state index in [0.717, 1.165) is 18.4 Å². The van der Waals surface area contributed by atoms with Crippen LogP contribution in [0.1, 0.15) is 58.1 Å². The van der Waals surface area contributed by atoms with Gasteiger partial charge in [-0.3, -0.25) is 0 Å². The number of carbonyl (C=O) groups is 1. The minimum Gasteiger partial charge on any atom is -0.444 e. The van der Waals surface area contributed by atoms with Crippen molar-refractivity contribution in [2.24, 2.45) is 0 Å². The molecule has 0 saturated heterocycles. The molecule has 0 aliphatic heterocycles. The number of ether oxygens (including phenoxy) is 1. The lowest BCUT2D eigenvalue weighted by Gasteiger charge is -2.24. The summed E-state index contributed by atoms with van der Waals surface area (Å²) in [4.78, 5) is 12.0. The lowest BCUT2D eigenvalue weighted by molar-refractivity contribution is 0.0491. The molecule has 116 valence electrons. The first-order chi connectivity index (χ1) is 9.77. The van der Waals surface area contributed by atoms with Crippen molar-refractivity contribution >= 4 is 6.09 Å². The van der Waals surface area contributed by atoms with Gasteiger partial charge < -0.3 is 15.2 Å². The van der Waals surface area contributed by atoms with E-state index in [-0.39, 0.29) is 6.04 Å². The Morgan fingerprint density at radius 1 is 1.33 bits per heavy atom. The molecule has 0 heterocycles. The molecule has 1 aromatic carbocycles. The van der Waals surface area contributed by atoms with E-state index >= 15 is 0 Å². The molecule has 1 aliphatic rings. The maximum absolute atomic E-state index is 12.0. The third-order valence-electron chi connectivity index (χ3n) is 3.62. The summed E-state index contributed by atoms with van der Waals surface area (Å²) in [6.07, 6.45) is 2.71. The molecular weight excluding hydrogens is 266 g/mol. The summed E-state index contributed by atoms with van der Waals surface area (Å²) in [6, 6.07) is 9.68. The van der Waals surface area contributed by atoms with Crippen LogP contribution in [-0.4, -0.2) is 22.4 Å². The van der Waals surface area contributed by atoms with Gasteiger partial charge in [-0.25, -0.2) is 4.79 Å². The molecule has 0 radical (unpaired) electrons. The molecule has 0 aromatic heterocycles. The van der Waals surface area contributed by atoms with E-state index in [1.54, 1.807) is 0 Å². The first-order valence-electron chi connectivity index (χ1n) is 7.54. The van der Waals surface area contributed by atoms with Gasteiger partial charge in [0.15, 0.2) is 0 Å². The number of carbonyl (C=O) groups excluding carboxylic acids is 1. The van der Waals surface area contributed by atoms with Gasteiger partial charge in [-0.1, -0.05) is 30.3 Å². The van der Waals surface area contributed by atoms with Gasteiger partial charge in [-0.2, -0.15) is 0 Å². The molecule has 0 bridgehead atoms. The highest BCUT2D eigenvalue weighted by Crippen LogP contribution is 2.41. The minimum atomic E-state index is -0.514. The van der Waals surface area contributed by atoms with Crippen LogP contribution in [0.4, 0.5) is 4.79 Å². The Bertz CT molecular complexity index is 475. The van der Waals surface area contributed by atoms with Gasteiger partial charge in [-0.15, -0.1) is 0 Å². The predicted molar refractivity (Wildman–Crippen MR) is 82.0 cm³/mol. The van der Waals surface area contributed by atoms with Crippen molar-refractivity contribution in [3.05, 3.63) is 35.9 Å². The first kappa shape index (κ1) is 15.8. The second-order valence-corrected chi connectivity index (χ2v) is 6.87. The van der Waals surface area contributed by atoms with Crippen LogP contribution >= 0.6 is 0 Å². The van der Waals surface area contributed by atoms with E-state index in [1.807, 2.05) is 51.1 Å². The number of benzene rings is 1. The molecule has 1 aromatic rings. The van der Waals surface area contributed by atoms with Gasteiger partial charge in [0.05, 0.1) is 11.6 Å². The third-order valence-corrected chi connectivity index (χ3v) is 3.62. The second-order valence-electron chi connectivity index (χ2n) is 6.87. The maximum Gasteiger partial charge on any atom is 0.408 e.